The number of rotatable bonds is 10. The van der Waals surface area contributed by atoms with Crippen LogP contribution in [0.3, 0.4) is 0 Å². The predicted octanol–water partition coefficient (Wildman–Crippen LogP) is 4.51. The Morgan fingerprint density at radius 1 is 1.06 bits per heavy atom. The van der Waals surface area contributed by atoms with Crippen molar-refractivity contribution < 1.29 is 24.2 Å². The molecule has 182 valence electrons. The quantitative estimate of drug-likeness (QED) is 0.302. The summed E-state index contributed by atoms with van der Waals surface area (Å²) in [6.07, 6.45) is 0.883. The van der Waals surface area contributed by atoms with Gasteiger partial charge in [0.1, 0.15) is 17.3 Å². The maximum Gasteiger partial charge on any atom is 0.295 e. The normalized spacial score (nSPS) is 17.5. The van der Waals surface area contributed by atoms with Gasteiger partial charge in [0.25, 0.3) is 11.7 Å². The first-order valence-corrected chi connectivity index (χ1v) is 11.7. The highest BCUT2D eigenvalue weighted by atomic mass is 35.5. The second-order valence-corrected chi connectivity index (χ2v) is 8.70. The van der Waals surface area contributed by atoms with Crippen LogP contribution in [0, 0.1) is 0 Å². The van der Waals surface area contributed by atoms with Gasteiger partial charge >= 0.3 is 0 Å². The molecule has 1 aliphatic heterocycles. The third-order valence-electron chi connectivity index (χ3n) is 5.50. The van der Waals surface area contributed by atoms with Crippen molar-refractivity contribution in [3.8, 4) is 11.5 Å². The van der Waals surface area contributed by atoms with Gasteiger partial charge in [-0.25, -0.2) is 0 Å². The zero-order chi connectivity index (χ0) is 24.8. The van der Waals surface area contributed by atoms with Gasteiger partial charge in [-0.2, -0.15) is 0 Å². The molecule has 1 heterocycles. The maximum atomic E-state index is 13.2. The zero-order valence-electron chi connectivity index (χ0n) is 20.0. The van der Waals surface area contributed by atoms with E-state index < -0.39 is 17.7 Å². The number of Topliss-reactive ketones (excluding diaryl/α,β-unsaturated/α-hetero) is 1. The first kappa shape index (κ1) is 25.6. The molecule has 1 unspecified atom stereocenters. The van der Waals surface area contributed by atoms with E-state index >= 15 is 0 Å². The smallest absolute Gasteiger partial charge is 0.295 e. The van der Waals surface area contributed by atoms with Gasteiger partial charge in [0.15, 0.2) is 0 Å². The summed E-state index contributed by atoms with van der Waals surface area (Å²) in [6.45, 7) is 5.77. The van der Waals surface area contributed by atoms with Crippen LogP contribution in [0.25, 0.3) is 5.76 Å². The average Bonchev–Trinajstić information content (AvgIpc) is 3.07. The van der Waals surface area contributed by atoms with E-state index in [2.05, 4.69) is 0 Å². The predicted molar refractivity (Wildman–Crippen MR) is 132 cm³/mol. The summed E-state index contributed by atoms with van der Waals surface area (Å²) in [6, 6.07) is 11.3. The van der Waals surface area contributed by atoms with Crippen LogP contribution < -0.4 is 9.47 Å². The summed E-state index contributed by atoms with van der Waals surface area (Å²) in [7, 11) is 3.79. The molecule has 0 bridgehead atoms. The van der Waals surface area contributed by atoms with Gasteiger partial charge in [-0.15, -0.1) is 0 Å². The highest BCUT2D eigenvalue weighted by Gasteiger charge is 2.46. The largest absolute Gasteiger partial charge is 0.507 e. The molecule has 0 saturated carbocycles. The number of likely N-dealkylation sites (N-methyl/N-ethyl adjacent to an activating group) is 1. The molecule has 2 aromatic carbocycles. The minimum atomic E-state index is -0.757. The molecule has 3 rings (SSSR count). The Kier molecular flexibility index (Phi) is 8.58. The molecule has 0 aliphatic carbocycles. The summed E-state index contributed by atoms with van der Waals surface area (Å²) < 4.78 is 11.2. The van der Waals surface area contributed by atoms with Crippen LogP contribution in [-0.2, 0) is 9.59 Å². The lowest BCUT2D eigenvalue weighted by Gasteiger charge is -2.26. The van der Waals surface area contributed by atoms with Crippen LogP contribution >= 0.6 is 11.6 Å². The standard InChI is InChI=1S/C26H31ClN2O5/c1-5-15-34-18-9-7-17(8-10-18)23-22(25(31)26(32)29(23)14-13-28(3)4)24(30)20-16-19(33-6-2)11-12-21(20)27/h7-12,16,23,30H,5-6,13-15H2,1-4H3/b24-22+. The minimum Gasteiger partial charge on any atom is -0.507 e. The van der Waals surface area contributed by atoms with Crippen LogP contribution in [0.4, 0.5) is 0 Å². The van der Waals surface area contributed by atoms with Crippen LogP contribution in [0.5, 0.6) is 11.5 Å². The van der Waals surface area contributed by atoms with Crippen molar-refractivity contribution in [2.24, 2.45) is 0 Å². The highest BCUT2D eigenvalue weighted by molar-refractivity contribution is 6.47. The van der Waals surface area contributed by atoms with Gasteiger partial charge in [-0.05, 0) is 63.3 Å². The maximum absolute atomic E-state index is 13.2. The molecule has 0 radical (unpaired) electrons. The summed E-state index contributed by atoms with van der Waals surface area (Å²) in [5.74, 6) is -0.525. The number of carbonyl (C=O) groups is 2. The third kappa shape index (κ3) is 5.54. The van der Waals surface area contributed by atoms with Gasteiger partial charge in [0, 0.05) is 18.7 Å². The summed E-state index contributed by atoms with van der Waals surface area (Å²) in [4.78, 5) is 29.6. The fourth-order valence-corrected chi connectivity index (χ4v) is 4.03. The Bertz CT molecular complexity index is 1070. The number of aliphatic hydroxyl groups excluding tert-OH is 1. The fourth-order valence-electron chi connectivity index (χ4n) is 3.82. The van der Waals surface area contributed by atoms with Crippen LogP contribution in [0.15, 0.2) is 48.0 Å². The highest BCUT2D eigenvalue weighted by Crippen LogP contribution is 2.41. The molecule has 7 nitrogen and oxygen atoms in total. The van der Waals surface area contributed by atoms with E-state index in [0.717, 1.165) is 6.42 Å². The summed E-state index contributed by atoms with van der Waals surface area (Å²) in [5, 5.41) is 11.5. The van der Waals surface area contributed by atoms with Crippen molar-refractivity contribution in [1.29, 1.82) is 0 Å². The van der Waals surface area contributed by atoms with E-state index in [1.54, 1.807) is 30.3 Å². The number of hydrogen-bond acceptors (Lipinski definition) is 6. The number of carbonyl (C=O) groups excluding carboxylic acids is 2. The molecule has 1 amide bonds. The van der Waals surface area contributed by atoms with Gasteiger partial charge in [0.2, 0.25) is 0 Å². The summed E-state index contributed by atoms with van der Waals surface area (Å²) in [5.41, 5.74) is 0.938. The van der Waals surface area contributed by atoms with Gasteiger partial charge < -0.3 is 24.4 Å². The Morgan fingerprint density at radius 2 is 1.74 bits per heavy atom. The van der Waals surface area contributed by atoms with Crippen molar-refractivity contribution in [2.45, 2.75) is 26.3 Å². The number of ketones is 1. The SMILES string of the molecule is CCCOc1ccc(C2/C(=C(\O)c3cc(OCC)ccc3Cl)C(=O)C(=O)N2CCN(C)C)cc1. The molecular weight excluding hydrogens is 456 g/mol. The Labute approximate surface area is 205 Å². The molecular formula is C26H31ClN2O5. The average molecular weight is 487 g/mol. The van der Waals surface area contributed by atoms with E-state index in [1.807, 2.05) is 45.0 Å². The third-order valence-corrected chi connectivity index (χ3v) is 5.83. The second kappa shape index (κ2) is 11.4. The Hall–Kier alpha value is -3.03. The molecule has 1 N–H and O–H groups in total. The van der Waals surface area contributed by atoms with Gasteiger partial charge in [-0.3, -0.25) is 9.59 Å². The van der Waals surface area contributed by atoms with E-state index in [1.165, 1.54) is 4.90 Å². The lowest BCUT2D eigenvalue weighted by atomic mass is 9.95. The van der Waals surface area contributed by atoms with Crippen molar-refractivity contribution in [1.82, 2.24) is 9.80 Å². The molecule has 34 heavy (non-hydrogen) atoms. The minimum absolute atomic E-state index is 0.00142. The van der Waals surface area contributed by atoms with E-state index in [0.29, 0.717) is 43.4 Å². The number of ether oxygens (including phenoxy) is 2. The first-order chi connectivity index (χ1) is 16.3. The number of benzene rings is 2. The topological polar surface area (TPSA) is 79.3 Å². The molecule has 0 aromatic heterocycles. The number of hydrogen-bond donors (Lipinski definition) is 1. The lowest BCUT2D eigenvalue weighted by Crippen LogP contribution is -2.35. The van der Waals surface area contributed by atoms with Gasteiger partial charge in [0.05, 0.1) is 29.9 Å². The molecule has 1 saturated heterocycles. The molecule has 0 spiro atoms. The van der Waals surface area contributed by atoms with E-state index in [9.17, 15) is 14.7 Å². The summed E-state index contributed by atoms with van der Waals surface area (Å²) >= 11 is 6.37. The number of nitrogens with zero attached hydrogens (tertiary/aromatic N) is 2. The van der Waals surface area contributed by atoms with Crippen molar-refractivity contribution in [2.75, 3.05) is 40.4 Å². The molecule has 1 atom stereocenters. The number of amides is 1. The van der Waals surface area contributed by atoms with Crippen molar-refractivity contribution in [3.63, 3.8) is 0 Å². The zero-order valence-corrected chi connectivity index (χ0v) is 20.8. The number of aliphatic hydroxyl groups is 1. The Morgan fingerprint density at radius 3 is 2.35 bits per heavy atom. The van der Waals surface area contributed by atoms with Crippen LogP contribution in [-0.4, -0.2) is 67.0 Å². The molecule has 1 aliphatic rings. The van der Waals surface area contributed by atoms with E-state index in [-0.39, 0.29) is 21.9 Å². The van der Waals surface area contributed by atoms with Crippen molar-refractivity contribution in [3.05, 3.63) is 64.2 Å². The van der Waals surface area contributed by atoms with E-state index in [4.69, 9.17) is 21.1 Å². The Balaban J connectivity index is 2.12. The van der Waals surface area contributed by atoms with Crippen LogP contribution in [0.1, 0.15) is 37.4 Å². The molecule has 1 fully saturated rings. The second-order valence-electron chi connectivity index (χ2n) is 8.29. The molecule has 2 aromatic rings. The fraction of sp³-hybridized carbons (Fsp3) is 0.385. The first-order valence-electron chi connectivity index (χ1n) is 11.4. The number of halogens is 1. The number of likely N-dealkylation sites (tertiary alicyclic amines) is 1. The van der Waals surface area contributed by atoms with Crippen molar-refractivity contribution >= 4 is 29.1 Å². The van der Waals surface area contributed by atoms with Crippen LogP contribution in [0.2, 0.25) is 5.02 Å². The lowest BCUT2D eigenvalue weighted by molar-refractivity contribution is -0.140. The molecule has 8 heteroatoms. The van der Waals surface area contributed by atoms with Gasteiger partial charge in [-0.1, -0.05) is 30.7 Å². The monoisotopic (exact) mass is 486 g/mol.